The van der Waals surface area contributed by atoms with Crippen molar-refractivity contribution in [3.63, 3.8) is 0 Å². The first kappa shape index (κ1) is 20.0. The van der Waals surface area contributed by atoms with Gasteiger partial charge in [0, 0.05) is 19.2 Å². The van der Waals surface area contributed by atoms with Gasteiger partial charge >= 0.3 is 6.09 Å². The van der Waals surface area contributed by atoms with Crippen LogP contribution >= 0.6 is 0 Å². The van der Waals surface area contributed by atoms with Crippen LogP contribution in [-0.4, -0.2) is 54.3 Å². The molecule has 3 N–H and O–H groups in total. The second kappa shape index (κ2) is 7.93. The first-order valence-corrected chi connectivity index (χ1v) is 8.65. The number of nitrogens with zero attached hydrogens (tertiary/aromatic N) is 1. The van der Waals surface area contributed by atoms with Gasteiger partial charge in [-0.3, -0.25) is 0 Å². The van der Waals surface area contributed by atoms with Crippen LogP contribution in [0.2, 0.25) is 0 Å². The Balaban J connectivity index is 2.10. The fraction of sp³-hybridized carbons (Fsp3) is 0.611. The molecule has 2 rings (SSSR count). The number of alkyl carbamates (subject to hydrolysis) is 1. The molecule has 8 heteroatoms. The molecule has 1 aliphatic carbocycles. The van der Waals surface area contributed by atoms with Gasteiger partial charge in [-0.1, -0.05) is 0 Å². The Kier molecular flexibility index (Phi) is 6.10. The van der Waals surface area contributed by atoms with Crippen molar-refractivity contribution >= 4 is 12.0 Å². The minimum Gasteiger partial charge on any atom is -0.493 e. The predicted molar refractivity (Wildman–Crippen MR) is 94.4 cm³/mol. The second-order valence-corrected chi connectivity index (χ2v) is 7.25. The number of halogens is 1. The highest BCUT2D eigenvalue weighted by atomic mass is 19.1. The van der Waals surface area contributed by atoms with Gasteiger partial charge in [0.05, 0.1) is 24.4 Å². The Morgan fingerprint density at radius 1 is 1.50 bits per heavy atom. The summed E-state index contributed by atoms with van der Waals surface area (Å²) in [5.41, 5.74) is 5.79. The summed E-state index contributed by atoms with van der Waals surface area (Å²) in [6.07, 6.45) is 1.26. The fourth-order valence-corrected chi connectivity index (χ4v) is 3.01. The molecule has 1 aliphatic heterocycles. The highest BCUT2D eigenvalue weighted by Gasteiger charge is 2.36. The highest BCUT2D eigenvalue weighted by molar-refractivity contribution is 5.68. The van der Waals surface area contributed by atoms with Gasteiger partial charge in [0.15, 0.2) is 0 Å². The van der Waals surface area contributed by atoms with E-state index < -0.39 is 23.6 Å². The van der Waals surface area contributed by atoms with Gasteiger partial charge in [0.25, 0.3) is 0 Å². The number of nitrogens with one attached hydrogen (secondary N) is 1. The molecule has 0 saturated carbocycles. The zero-order valence-corrected chi connectivity index (χ0v) is 15.6. The summed E-state index contributed by atoms with van der Waals surface area (Å²) in [7, 11) is 0. The molecule has 144 valence electrons. The second-order valence-electron chi connectivity index (χ2n) is 7.25. The standard InChI is InChI=1S/C18H26FN3O4/c1-5-25-14-8-13(19)16(15(20)12(14)10-23)22-7-6-11(9-22)21-17(24)26-18(2,3)4/h8,11,15H,5-7,9,20H2,1-4H3,(H,21,24)/t11-,15?/m0/s1. The van der Waals surface area contributed by atoms with E-state index in [0.29, 0.717) is 19.5 Å². The number of carbonyl (C=O) groups is 1. The lowest BCUT2D eigenvalue weighted by atomic mass is 9.97. The van der Waals surface area contributed by atoms with E-state index >= 15 is 0 Å². The molecular weight excluding hydrogens is 341 g/mol. The lowest BCUT2D eigenvalue weighted by Gasteiger charge is -2.30. The molecular formula is C18H26FN3O4. The van der Waals surface area contributed by atoms with Crippen molar-refractivity contribution < 1.29 is 23.5 Å². The molecule has 0 aromatic heterocycles. The number of hydrogen-bond acceptors (Lipinski definition) is 6. The molecule has 1 amide bonds. The molecule has 1 saturated heterocycles. The Labute approximate surface area is 152 Å². The summed E-state index contributed by atoms with van der Waals surface area (Å²) in [6.45, 7) is 8.25. The maximum Gasteiger partial charge on any atom is 0.407 e. The van der Waals surface area contributed by atoms with Crippen molar-refractivity contribution in [2.24, 2.45) is 5.73 Å². The molecule has 0 spiro atoms. The summed E-state index contributed by atoms with van der Waals surface area (Å²) in [6, 6.07) is -1.15. The predicted octanol–water partition coefficient (Wildman–Crippen LogP) is 1.79. The molecule has 2 atom stereocenters. The molecule has 1 heterocycles. The van der Waals surface area contributed by atoms with E-state index in [0.717, 1.165) is 6.08 Å². The van der Waals surface area contributed by atoms with Crippen molar-refractivity contribution in [2.45, 2.75) is 51.8 Å². The molecule has 0 radical (unpaired) electrons. The minimum absolute atomic E-state index is 0.0896. The number of ether oxygens (including phenoxy) is 2. The molecule has 1 unspecified atom stereocenters. The van der Waals surface area contributed by atoms with Gasteiger partial charge in [-0.2, -0.15) is 0 Å². The normalized spacial score (nSPS) is 23.5. The summed E-state index contributed by atoms with van der Waals surface area (Å²) >= 11 is 0. The van der Waals surface area contributed by atoms with Gasteiger partial charge in [0.1, 0.15) is 28.7 Å². The molecule has 0 aromatic carbocycles. The molecule has 0 aromatic rings. The lowest BCUT2D eigenvalue weighted by Crippen LogP contribution is -2.42. The van der Waals surface area contributed by atoms with E-state index in [1.165, 1.54) is 0 Å². The van der Waals surface area contributed by atoms with Crippen molar-refractivity contribution in [2.75, 3.05) is 19.7 Å². The van der Waals surface area contributed by atoms with Crippen LogP contribution in [0.3, 0.4) is 0 Å². The number of rotatable bonds is 4. The summed E-state index contributed by atoms with van der Waals surface area (Å²) in [5.74, 6) is 1.33. The van der Waals surface area contributed by atoms with Crippen molar-refractivity contribution in [1.82, 2.24) is 10.2 Å². The van der Waals surface area contributed by atoms with Crippen LogP contribution in [0.15, 0.2) is 28.9 Å². The third-order valence-corrected chi connectivity index (χ3v) is 4.03. The number of likely N-dealkylation sites (tertiary alicyclic amines) is 1. The van der Waals surface area contributed by atoms with Crippen molar-refractivity contribution in [3.05, 3.63) is 28.9 Å². The molecule has 26 heavy (non-hydrogen) atoms. The van der Waals surface area contributed by atoms with Gasteiger partial charge in [-0.05, 0) is 34.1 Å². The van der Waals surface area contributed by atoms with Crippen LogP contribution in [0.4, 0.5) is 9.18 Å². The Morgan fingerprint density at radius 2 is 2.19 bits per heavy atom. The smallest absolute Gasteiger partial charge is 0.407 e. The van der Waals surface area contributed by atoms with Crippen molar-refractivity contribution in [1.29, 1.82) is 0 Å². The first-order valence-electron chi connectivity index (χ1n) is 8.65. The van der Waals surface area contributed by atoms with Crippen LogP contribution in [0.25, 0.3) is 0 Å². The quantitative estimate of drug-likeness (QED) is 0.736. The van der Waals surface area contributed by atoms with E-state index in [2.05, 4.69) is 5.32 Å². The van der Waals surface area contributed by atoms with Gasteiger partial charge in [0.2, 0.25) is 0 Å². The van der Waals surface area contributed by atoms with E-state index in [1.807, 2.05) is 0 Å². The third-order valence-electron chi connectivity index (χ3n) is 4.03. The van der Waals surface area contributed by atoms with Crippen LogP contribution in [0.5, 0.6) is 0 Å². The Hall–Kier alpha value is -2.31. The summed E-state index contributed by atoms with van der Waals surface area (Å²) < 4.78 is 25.1. The molecule has 1 fully saturated rings. The fourth-order valence-electron chi connectivity index (χ4n) is 3.01. The number of hydrogen-bond donors (Lipinski definition) is 2. The number of amides is 1. The van der Waals surface area contributed by atoms with E-state index in [-0.39, 0.29) is 29.7 Å². The number of allylic oxidation sites excluding steroid dienone is 2. The Bertz CT molecular complexity index is 674. The highest BCUT2D eigenvalue weighted by Crippen LogP contribution is 2.32. The van der Waals surface area contributed by atoms with Gasteiger partial charge in [-0.25, -0.2) is 14.0 Å². The minimum atomic E-state index is -0.959. The summed E-state index contributed by atoms with van der Waals surface area (Å²) in [4.78, 5) is 24.9. The average molecular weight is 367 g/mol. The SMILES string of the molecule is CCOC1=CC(F)=C(N2CC[C@H](NC(=O)OC(C)(C)C)C2)C(N)C1=C=O. The molecule has 0 bridgehead atoms. The zero-order chi connectivity index (χ0) is 19.5. The zero-order valence-electron chi connectivity index (χ0n) is 15.6. The monoisotopic (exact) mass is 367 g/mol. The van der Waals surface area contributed by atoms with E-state index in [1.54, 1.807) is 38.5 Å². The van der Waals surface area contributed by atoms with E-state index in [4.69, 9.17) is 15.2 Å². The maximum atomic E-state index is 14.6. The van der Waals surface area contributed by atoms with Crippen LogP contribution in [0, 0.1) is 0 Å². The maximum absolute atomic E-state index is 14.6. The molecule has 2 aliphatic rings. The number of carbonyl (C=O) groups excluding carboxylic acids is 2. The third kappa shape index (κ3) is 4.65. The summed E-state index contributed by atoms with van der Waals surface area (Å²) in [5, 5.41) is 2.78. The Morgan fingerprint density at radius 3 is 2.77 bits per heavy atom. The first-order chi connectivity index (χ1) is 12.2. The lowest BCUT2D eigenvalue weighted by molar-refractivity contribution is 0.0506. The van der Waals surface area contributed by atoms with Gasteiger partial charge < -0.3 is 25.4 Å². The topological polar surface area (TPSA) is 93.9 Å². The van der Waals surface area contributed by atoms with Crippen LogP contribution in [-0.2, 0) is 14.3 Å². The average Bonchev–Trinajstić information content (AvgIpc) is 2.93. The molecule has 7 nitrogen and oxygen atoms in total. The van der Waals surface area contributed by atoms with Crippen LogP contribution < -0.4 is 11.1 Å². The van der Waals surface area contributed by atoms with Crippen molar-refractivity contribution in [3.8, 4) is 0 Å². The van der Waals surface area contributed by atoms with Gasteiger partial charge in [-0.15, -0.1) is 0 Å². The largest absolute Gasteiger partial charge is 0.493 e. The van der Waals surface area contributed by atoms with Crippen LogP contribution in [0.1, 0.15) is 34.1 Å². The number of nitrogens with two attached hydrogens (primary N) is 1. The van der Waals surface area contributed by atoms with E-state index in [9.17, 15) is 14.0 Å².